The summed E-state index contributed by atoms with van der Waals surface area (Å²) >= 11 is 0. The van der Waals surface area contributed by atoms with Gasteiger partial charge in [0.15, 0.2) is 0 Å². The van der Waals surface area contributed by atoms with Crippen LogP contribution in [0.5, 0.6) is 0 Å². The Labute approximate surface area is 310 Å². The molecule has 0 atom stereocenters. The van der Waals surface area contributed by atoms with Gasteiger partial charge in [0.25, 0.3) is 0 Å². The molecule has 0 aliphatic heterocycles. The third-order valence-electron chi connectivity index (χ3n) is 9.73. The number of benzene rings is 2. The van der Waals surface area contributed by atoms with Gasteiger partial charge in [0, 0.05) is 6.21 Å². The van der Waals surface area contributed by atoms with Gasteiger partial charge < -0.3 is 0 Å². The molecule has 0 aromatic heterocycles. The van der Waals surface area contributed by atoms with Crippen molar-refractivity contribution in [2.45, 2.75) is 194 Å². The molecule has 0 saturated heterocycles. The molecule has 0 amide bonds. The molecule has 0 saturated carbocycles. The highest BCUT2D eigenvalue weighted by atomic mass is 14.8. The van der Waals surface area contributed by atoms with Gasteiger partial charge in [-0.25, -0.2) is 0 Å². The Morgan fingerprint density at radius 2 is 0.860 bits per heavy atom. The summed E-state index contributed by atoms with van der Waals surface area (Å²) in [4.78, 5) is 9.91. The molecule has 2 nitrogen and oxygen atoms in total. The van der Waals surface area contributed by atoms with Gasteiger partial charge in [-0.05, 0) is 73.9 Å². The Balaban J connectivity index is 1.75. The van der Waals surface area contributed by atoms with E-state index in [1.165, 1.54) is 152 Å². The first kappa shape index (κ1) is 43.4. The average Bonchev–Trinajstić information content (AvgIpc) is 3.13. The zero-order valence-corrected chi connectivity index (χ0v) is 33.0. The van der Waals surface area contributed by atoms with Crippen molar-refractivity contribution in [3.63, 3.8) is 0 Å². The van der Waals surface area contributed by atoms with Gasteiger partial charge in [0.2, 0.25) is 0 Å². The maximum Gasteiger partial charge on any atom is 0.0639 e. The third kappa shape index (κ3) is 24.4. The lowest BCUT2D eigenvalue weighted by Crippen LogP contribution is -1.99. The summed E-state index contributed by atoms with van der Waals surface area (Å²) in [6.45, 7) is 6.82. The summed E-state index contributed by atoms with van der Waals surface area (Å²) in [6.07, 6.45) is 47.4. The van der Waals surface area contributed by atoms with E-state index in [0.29, 0.717) is 0 Å². The van der Waals surface area contributed by atoms with Crippen molar-refractivity contribution in [3.05, 3.63) is 71.8 Å². The second-order valence-corrected chi connectivity index (χ2v) is 14.6. The molecular weight excluding hydrogens is 605 g/mol. The lowest BCUT2D eigenvalue weighted by Gasteiger charge is -2.03. The molecule has 0 radical (unpaired) electrons. The summed E-state index contributed by atoms with van der Waals surface area (Å²) in [5, 5.41) is 0. The molecule has 2 aromatic carbocycles. The van der Waals surface area contributed by atoms with Crippen molar-refractivity contribution >= 4 is 35.5 Å². The molecular formula is C48H76N2. The summed E-state index contributed by atoms with van der Waals surface area (Å²) in [6, 6.07) is 17.2. The Morgan fingerprint density at radius 1 is 0.460 bits per heavy atom. The molecule has 50 heavy (non-hydrogen) atoms. The van der Waals surface area contributed by atoms with Gasteiger partial charge in [-0.15, -0.1) is 0 Å². The van der Waals surface area contributed by atoms with E-state index >= 15 is 0 Å². The van der Waals surface area contributed by atoms with Gasteiger partial charge in [-0.2, -0.15) is 0 Å². The highest BCUT2D eigenvalue weighted by Crippen LogP contribution is 2.20. The molecule has 2 heteroatoms. The number of rotatable bonds is 32. The average molecular weight is 681 g/mol. The quantitative estimate of drug-likeness (QED) is 0.0543. The summed E-state index contributed by atoms with van der Waals surface area (Å²) < 4.78 is 0. The maximum atomic E-state index is 5.04. The van der Waals surface area contributed by atoms with Crippen LogP contribution in [0, 0.1) is 0 Å². The molecule has 2 rings (SSSR count). The Kier molecular flexibility index (Phi) is 28.0. The highest BCUT2D eigenvalue weighted by Gasteiger charge is 2.00. The number of hydrogen-bond donors (Lipinski definition) is 0. The van der Waals surface area contributed by atoms with Crippen LogP contribution in [0.2, 0.25) is 0 Å². The van der Waals surface area contributed by atoms with Crippen LogP contribution >= 0.6 is 0 Å². The number of aliphatic imine (C=N–C) groups is 2. The van der Waals surface area contributed by atoms with Crippen LogP contribution in [0.3, 0.4) is 0 Å². The lowest BCUT2D eigenvalue weighted by atomic mass is 10.0. The Morgan fingerprint density at radius 3 is 1.32 bits per heavy atom. The maximum absolute atomic E-state index is 5.04. The van der Waals surface area contributed by atoms with Crippen LogP contribution in [0.25, 0.3) is 12.2 Å². The third-order valence-corrected chi connectivity index (χ3v) is 9.73. The zero-order valence-electron chi connectivity index (χ0n) is 33.0. The lowest BCUT2D eigenvalue weighted by molar-refractivity contribution is 0.550. The normalized spacial score (nSPS) is 12.3. The van der Waals surface area contributed by atoms with Gasteiger partial charge in [0.05, 0.1) is 17.1 Å². The molecule has 0 N–H and O–H groups in total. The first-order valence-corrected chi connectivity index (χ1v) is 21.4. The van der Waals surface area contributed by atoms with E-state index in [1.807, 2.05) is 6.21 Å². The molecule has 0 aliphatic carbocycles. The van der Waals surface area contributed by atoms with Crippen molar-refractivity contribution in [2.75, 3.05) is 0 Å². The van der Waals surface area contributed by atoms with Gasteiger partial charge in [-0.1, -0.05) is 204 Å². The first-order chi connectivity index (χ1) is 24.7. The second-order valence-electron chi connectivity index (χ2n) is 14.6. The minimum atomic E-state index is 0.942. The second kappa shape index (κ2) is 32.2. The van der Waals surface area contributed by atoms with Crippen LogP contribution in [-0.2, 0) is 0 Å². The molecule has 2 aromatic rings. The van der Waals surface area contributed by atoms with Crippen molar-refractivity contribution in [1.29, 1.82) is 0 Å². The Hall–Kier alpha value is -2.74. The van der Waals surface area contributed by atoms with Crippen LogP contribution < -0.4 is 0 Å². The molecule has 0 aliphatic rings. The summed E-state index contributed by atoms with van der Waals surface area (Å²) in [5.74, 6) is 0. The van der Waals surface area contributed by atoms with Crippen molar-refractivity contribution in [2.24, 2.45) is 9.98 Å². The van der Waals surface area contributed by atoms with Gasteiger partial charge >= 0.3 is 0 Å². The van der Waals surface area contributed by atoms with E-state index in [2.05, 4.69) is 93.6 Å². The number of unbranched alkanes of at least 4 members (excludes halogenated alkanes) is 23. The number of allylic oxidation sites excluding steroid dienone is 2. The smallest absolute Gasteiger partial charge is 0.0639 e. The van der Waals surface area contributed by atoms with E-state index in [9.17, 15) is 0 Å². The highest BCUT2D eigenvalue weighted by molar-refractivity contribution is 6.31. The van der Waals surface area contributed by atoms with E-state index in [0.717, 1.165) is 49.2 Å². The van der Waals surface area contributed by atoms with Crippen molar-refractivity contribution in [1.82, 2.24) is 0 Å². The van der Waals surface area contributed by atoms with Crippen LogP contribution in [-0.4, -0.2) is 11.9 Å². The summed E-state index contributed by atoms with van der Waals surface area (Å²) in [7, 11) is 0. The van der Waals surface area contributed by atoms with E-state index in [4.69, 9.17) is 9.98 Å². The fourth-order valence-electron chi connectivity index (χ4n) is 6.52. The van der Waals surface area contributed by atoms with Crippen molar-refractivity contribution < 1.29 is 0 Å². The van der Waals surface area contributed by atoms with Gasteiger partial charge in [-0.3, -0.25) is 9.98 Å². The minimum Gasteiger partial charge on any atom is -0.255 e. The fourth-order valence-corrected chi connectivity index (χ4v) is 6.52. The zero-order chi connectivity index (χ0) is 35.6. The number of nitrogens with zero attached hydrogens (tertiary/aromatic N) is 2. The predicted octanol–water partition coefficient (Wildman–Crippen LogP) is 16.8. The standard InChI is InChI=1S/C48H76N2/c1-4-7-10-12-14-16-18-20-22-24-26-28-30-34-44-36-32-39-46(41-44)49-43-48(38-9-6-3)50-47-40-33-37-45(42-47)35-31-29-27-25-23-21-19-17-15-13-11-8-5-2/h30-37,39-43H,4-29,38H2,1-3H3. The largest absolute Gasteiger partial charge is 0.255 e. The van der Waals surface area contributed by atoms with E-state index in [-0.39, 0.29) is 0 Å². The molecule has 0 bridgehead atoms. The fraction of sp³-hybridized carbons (Fsp3) is 0.625. The number of hydrogen-bond acceptors (Lipinski definition) is 2. The van der Waals surface area contributed by atoms with E-state index < -0.39 is 0 Å². The van der Waals surface area contributed by atoms with Gasteiger partial charge in [0.1, 0.15) is 0 Å². The molecule has 0 fully saturated rings. The van der Waals surface area contributed by atoms with Crippen LogP contribution in [0.4, 0.5) is 11.4 Å². The molecule has 0 unspecified atom stereocenters. The topological polar surface area (TPSA) is 24.7 Å². The molecule has 278 valence electrons. The monoisotopic (exact) mass is 681 g/mol. The minimum absolute atomic E-state index is 0.942. The molecule has 0 heterocycles. The van der Waals surface area contributed by atoms with Crippen molar-refractivity contribution in [3.8, 4) is 0 Å². The van der Waals surface area contributed by atoms with E-state index in [1.54, 1.807) is 0 Å². The Bertz CT molecular complexity index is 1190. The van der Waals surface area contributed by atoms with Crippen LogP contribution in [0.1, 0.15) is 205 Å². The van der Waals surface area contributed by atoms with Crippen LogP contribution in [0.15, 0.2) is 70.7 Å². The SMILES string of the molecule is CCCCCCCCCCCCCC=Cc1cccc(N=CC(CCCC)=Nc2cccc(C=CCCCCCCCCCCCCC)c2)c1. The predicted molar refractivity (Wildman–Crippen MR) is 228 cm³/mol. The first-order valence-electron chi connectivity index (χ1n) is 21.4. The summed E-state index contributed by atoms with van der Waals surface area (Å²) in [5.41, 5.74) is 5.51. The molecule has 0 spiro atoms.